The number of aromatic nitrogens is 1. The Morgan fingerprint density at radius 1 is 1.20 bits per heavy atom. The van der Waals surface area contributed by atoms with Gasteiger partial charge in [-0.25, -0.2) is 0 Å². The first-order valence-corrected chi connectivity index (χ1v) is 5.97. The summed E-state index contributed by atoms with van der Waals surface area (Å²) < 4.78 is 2.10. The van der Waals surface area contributed by atoms with Crippen molar-refractivity contribution >= 4 is 6.29 Å². The molecule has 0 amide bonds. The van der Waals surface area contributed by atoms with Crippen molar-refractivity contribution < 1.29 is 4.79 Å². The molecule has 0 aliphatic carbocycles. The van der Waals surface area contributed by atoms with E-state index in [2.05, 4.69) is 11.5 Å². The minimum Gasteiger partial charge on any atom is -0.354 e. The predicted molar refractivity (Wildman–Crippen MR) is 63.2 cm³/mol. The number of aryl methyl sites for hydroxylation is 1. The van der Waals surface area contributed by atoms with Crippen molar-refractivity contribution in [3.63, 3.8) is 0 Å². The van der Waals surface area contributed by atoms with E-state index < -0.39 is 0 Å². The smallest absolute Gasteiger partial charge is 0.151 e. The molecule has 2 nitrogen and oxygen atoms in total. The quantitative estimate of drug-likeness (QED) is 0.471. The second-order valence-corrected chi connectivity index (χ2v) is 4.07. The van der Waals surface area contributed by atoms with Crippen LogP contribution in [0.25, 0.3) is 0 Å². The Balaban J connectivity index is 2.07. The highest BCUT2D eigenvalue weighted by Gasteiger charge is 1.95. The zero-order valence-electron chi connectivity index (χ0n) is 9.61. The second kappa shape index (κ2) is 7.27. The summed E-state index contributed by atoms with van der Waals surface area (Å²) in [5.74, 6) is 0. The van der Waals surface area contributed by atoms with Gasteiger partial charge in [0.15, 0.2) is 6.29 Å². The number of carbonyl (C=O) groups is 1. The van der Waals surface area contributed by atoms with Crippen LogP contribution in [0.2, 0.25) is 0 Å². The molecule has 2 heteroatoms. The third-order valence-electron chi connectivity index (χ3n) is 2.68. The van der Waals surface area contributed by atoms with Gasteiger partial charge in [0.25, 0.3) is 0 Å². The summed E-state index contributed by atoms with van der Waals surface area (Å²) in [7, 11) is 0. The highest BCUT2D eigenvalue weighted by atomic mass is 16.1. The van der Waals surface area contributed by atoms with Crippen molar-refractivity contribution in [2.45, 2.75) is 52.0 Å². The first kappa shape index (κ1) is 12.0. The van der Waals surface area contributed by atoms with Gasteiger partial charge in [-0.2, -0.15) is 0 Å². The van der Waals surface area contributed by atoms with Crippen LogP contribution in [0.3, 0.4) is 0 Å². The van der Waals surface area contributed by atoms with Crippen LogP contribution < -0.4 is 0 Å². The van der Waals surface area contributed by atoms with E-state index in [0.29, 0.717) is 0 Å². The topological polar surface area (TPSA) is 22.0 Å². The Labute approximate surface area is 92.3 Å². The van der Waals surface area contributed by atoms with Crippen LogP contribution in [0.5, 0.6) is 0 Å². The predicted octanol–water partition coefficient (Wildman–Crippen LogP) is 3.66. The SMILES string of the molecule is CCCCCCCCn1ccc(C=O)c1. The Morgan fingerprint density at radius 3 is 2.60 bits per heavy atom. The van der Waals surface area contributed by atoms with Gasteiger partial charge in [0, 0.05) is 24.5 Å². The average Bonchev–Trinajstić information content (AvgIpc) is 2.71. The molecule has 0 N–H and O–H groups in total. The fourth-order valence-electron chi connectivity index (χ4n) is 1.74. The van der Waals surface area contributed by atoms with E-state index in [0.717, 1.165) is 18.4 Å². The number of rotatable bonds is 8. The van der Waals surface area contributed by atoms with Gasteiger partial charge in [0.1, 0.15) is 0 Å². The molecule has 0 aromatic carbocycles. The number of carbonyl (C=O) groups excluding carboxylic acids is 1. The maximum atomic E-state index is 10.5. The van der Waals surface area contributed by atoms with E-state index in [1.807, 2.05) is 18.5 Å². The number of nitrogens with zero attached hydrogens (tertiary/aromatic N) is 1. The lowest BCUT2D eigenvalue weighted by Crippen LogP contribution is -1.94. The Morgan fingerprint density at radius 2 is 1.93 bits per heavy atom. The monoisotopic (exact) mass is 207 g/mol. The van der Waals surface area contributed by atoms with Gasteiger partial charge in [0.2, 0.25) is 0 Å². The van der Waals surface area contributed by atoms with Crippen molar-refractivity contribution in [3.05, 3.63) is 24.0 Å². The average molecular weight is 207 g/mol. The highest BCUT2D eigenvalue weighted by molar-refractivity contribution is 5.74. The van der Waals surface area contributed by atoms with Gasteiger partial charge >= 0.3 is 0 Å². The molecule has 0 fully saturated rings. The van der Waals surface area contributed by atoms with Crippen LogP contribution in [0, 0.1) is 0 Å². The Bertz CT molecular complexity index is 278. The van der Waals surface area contributed by atoms with Crippen LogP contribution >= 0.6 is 0 Å². The summed E-state index contributed by atoms with van der Waals surface area (Å²) in [6, 6.07) is 1.87. The molecule has 0 aliphatic heterocycles. The van der Waals surface area contributed by atoms with Crippen molar-refractivity contribution in [1.29, 1.82) is 0 Å². The lowest BCUT2D eigenvalue weighted by Gasteiger charge is -2.02. The second-order valence-electron chi connectivity index (χ2n) is 4.07. The lowest BCUT2D eigenvalue weighted by molar-refractivity contribution is 0.112. The first-order chi connectivity index (χ1) is 7.36. The summed E-state index contributed by atoms with van der Waals surface area (Å²) >= 11 is 0. The minimum absolute atomic E-state index is 0.779. The molecular formula is C13H21NO. The van der Waals surface area contributed by atoms with Gasteiger partial charge in [-0.3, -0.25) is 4.79 Å². The molecule has 0 radical (unpaired) electrons. The standard InChI is InChI=1S/C13H21NO/c1-2-3-4-5-6-7-9-14-10-8-13(11-14)12-15/h8,10-12H,2-7,9H2,1H3. The Hall–Kier alpha value is -1.05. The van der Waals surface area contributed by atoms with Crippen LogP contribution in [0.15, 0.2) is 18.5 Å². The maximum Gasteiger partial charge on any atom is 0.151 e. The normalized spacial score (nSPS) is 10.5. The van der Waals surface area contributed by atoms with Crippen molar-refractivity contribution in [1.82, 2.24) is 4.57 Å². The van der Waals surface area contributed by atoms with Crippen molar-refractivity contribution in [2.24, 2.45) is 0 Å². The van der Waals surface area contributed by atoms with E-state index in [1.165, 1.54) is 38.5 Å². The maximum absolute atomic E-state index is 10.5. The van der Waals surface area contributed by atoms with Crippen molar-refractivity contribution in [2.75, 3.05) is 0 Å². The summed E-state index contributed by atoms with van der Waals surface area (Å²) in [6.45, 7) is 3.28. The van der Waals surface area contributed by atoms with Crippen LogP contribution in [0.4, 0.5) is 0 Å². The molecule has 1 rings (SSSR count). The number of hydrogen-bond acceptors (Lipinski definition) is 1. The van der Waals surface area contributed by atoms with E-state index in [4.69, 9.17) is 0 Å². The number of aldehydes is 1. The lowest BCUT2D eigenvalue weighted by atomic mass is 10.1. The molecule has 1 aromatic rings. The first-order valence-electron chi connectivity index (χ1n) is 5.97. The summed E-state index contributed by atoms with van der Waals surface area (Å²) in [6.07, 6.45) is 12.7. The van der Waals surface area contributed by atoms with E-state index >= 15 is 0 Å². The minimum atomic E-state index is 0.779. The molecule has 84 valence electrons. The fourth-order valence-corrected chi connectivity index (χ4v) is 1.74. The molecule has 0 saturated carbocycles. The molecule has 1 aromatic heterocycles. The van der Waals surface area contributed by atoms with Gasteiger partial charge in [-0.1, -0.05) is 39.0 Å². The van der Waals surface area contributed by atoms with E-state index in [1.54, 1.807) is 0 Å². The largest absolute Gasteiger partial charge is 0.354 e. The molecule has 15 heavy (non-hydrogen) atoms. The van der Waals surface area contributed by atoms with Crippen LogP contribution in [-0.2, 0) is 6.54 Å². The number of unbranched alkanes of at least 4 members (excludes halogenated alkanes) is 5. The van der Waals surface area contributed by atoms with E-state index in [9.17, 15) is 4.79 Å². The summed E-state index contributed by atoms with van der Waals surface area (Å²) in [5.41, 5.74) is 0.779. The molecule has 0 saturated heterocycles. The number of hydrogen-bond donors (Lipinski definition) is 0. The zero-order chi connectivity index (χ0) is 10.9. The molecular weight excluding hydrogens is 186 g/mol. The summed E-state index contributed by atoms with van der Waals surface area (Å²) in [4.78, 5) is 10.5. The Kier molecular flexibility index (Phi) is 5.83. The molecule has 0 aliphatic rings. The van der Waals surface area contributed by atoms with Gasteiger partial charge in [-0.15, -0.1) is 0 Å². The van der Waals surface area contributed by atoms with Crippen LogP contribution in [0.1, 0.15) is 55.8 Å². The molecule has 0 atom stereocenters. The zero-order valence-corrected chi connectivity index (χ0v) is 9.61. The van der Waals surface area contributed by atoms with Gasteiger partial charge in [-0.05, 0) is 12.5 Å². The third-order valence-corrected chi connectivity index (χ3v) is 2.68. The summed E-state index contributed by atoms with van der Waals surface area (Å²) in [5, 5.41) is 0. The highest BCUT2D eigenvalue weighted by Crippen LogP contribution is 2.07. The third kappa shape index (κ3) is 4.82. The fraction of sp³-hybridized carbons (Fsp3) is 0.615. The molecule has 0 bridgehead atoms. The molecule has 1 heterocycles. The van der Waals surface area contributed by atoms with Crippen LogP contribution in [-0.4, -0.2) is 10.9 Å². The molecule has 0 spiro atoms. The van der Waals surface area contributed by atoms with Crippen molar-refractivity contribution in [3.8, 4) is 0 Å². The van der Waals surface area contributed by atoms with Gasteiger partial charge in [0.05, 0.1) is 0 Å². The molecule has 0 unspecified atom stereocenters. The van der Waals surface area contributed by atoms with Gasteiger partial charge < -0.3 is 4.57 Å². The van der Waals surface area contributed by atoms with E-state index in [-0.39, 0.29) is 0 Å².